The predicted molar refractivity (Wildman–Crippen MR) is 176 cm³/mol. The first-order valence-corrected chi connectivity index (χ1v) is 17.0. The Morgan fingerprint density at radius 1 is 0.774 bits per heavy atom. The molecule has 6 amide bonds. The highest BCUT2D eigenvalue weighted by atomic mass is 19.4. The molecular formula is C32H49F3N6O12. The minimum absolute atomic E-state index is 0.0326. The molecule has 7 N–H and O–H groups in total. The number of carboxylic acids is 2. The number of nitrogens with one attached hydrogen (secondary N) is 5. The number of carbonyl (C=O) groups is 9. The molecule has 0 spiro atoms. The van der Waals surface area contributed by atoms with E-state index in [1.54, 1.807) is 34.6 Å². The van der Waals surface area contributed by atoms with E-state index in [0.717, 1.165) is 11.8 Å². The summed E-state index contributed by atoms with van der Waals surface area (Å²) in [6.45, 7) is 9.02. The molecule has 1 rings (SSSR count). The van der Waals surface area contributed by atoms with Gasteiger partial charge in [-0.25, -0.2) is 4.79 Å². The molecule has 0 aromatic heterocycles. The van der Waals surface area contributed by atoms with E-state index >= 15 is 0 Å². The van der Waals surface area contributed by atoms with Crippen LogP contribution in [0.3, 0.4) is 0 Å². The van der Waals surface area contributed by atoms with Crippen LogP contribution in [0.25, 0.3) is 0 Å². The number of hydrogen-bond donors (Lipinski definition) is 7. The van der Waals surface area contributed by atoms with Crippen LogP contribution in [-0.4, -0.2) is 118 Å². The van der Waals surface area contributed by atoms with Crippen molar-refractivity contribution < 1.29 is 71.3 Å². The average molecular weight is 767 g/mol. The van der Waals surface area contributed by atoms with Crippen molar-refractivity contribution in [3.05, 3.63) is 0 Å². The summed E-state index contributed by atoms with van der Waals surface area (Å²) in [5.41, 5.74) is 0. The molecule has 1 saturated heterocycles. The maximum absolute atomic E-state index is 13.8. The predicted octanol–water partition coefficient (Wildman–Crippen LogP) is -0.0641. The highest BCUT2D eigenvalue weighted by molar-refractivity contribution is 5.98. The molecule has 0 aliphatic carbocycles. The molecular weight excluding hydrogens is 717 g/mol. The summed E-state index contributed by atoms with van der Waals surface area (Å²) in [5.74, 6) is -11.6. The molecule has 0 aromatic rings. The molecule has 21 heteroatoms. The maximum atomic E-state index is 13.8. The summed E-state index contributed by atoms with van der Waals surface area (Å²) >= 11 is 0. The zero-order chi connectivity index (χ0) is 40.8. The van der Waals surface area contributed by atoms with Crippen LogP contribution in [0.15, 0.2) is 0 Å². The number of amides is 6. The van der Waals surface area contributed by atoms with Gasteiger partial charge in [0.05, 0.1) is 12.8 Å². The Hall–Kier alpha value is -4.98. The molecule has 7 atom stereocenters. The first kappa shape index (κ1) is 46.0. The third-order valence-corrected chi connectivity index (χ3v) is 8.34. The first-order valence-electron chi connectivity index (χ1n) is 17.0. The SMILES string of the molecule is CCC[C@H](NC(=O)[C@@H]1CCCN1C(=O)[C@@H](NC(=O)[C@@H](NC(=O)[C@@H](CC(=O)O)NC(=O)[C@H](CC(=O)O)NC(C)=O)[C@@H](C)CC)C(C)C)C(=O)OC(F)(F)F. The van der Waals surface area contributed by atoms with Gasteiger partial charge in [-0.1, -0.05) is 47.5 Å². The van der Waals surface area contributed by atoms with Crippen molar-refractivity contribution in [1.82, 2.24) is 31.5 Å². The van der Waals surface area contributed by atoms with Crippen molar-refractivity contribution in [2.75, 3.05) is 6.54 Å². The van der Waals surface area contributed by atoms with Gasteiger partial charge >= 0.3 is 24.3 Å². The lowest BCUT2D eigenvalue weighted by molar-refractivity contribution is -0.306. The Kier molecular flexibility index (Phi) is 18.2. The number of aliphatic carboxylic acids is 2. The van der Waals surface area contributed by atoms with Crippen molar-refractivity contribution in [3.63, 3.8) is 0 Å². The van der Waals surface area contributed by atoms with E-state index in [0.29, 0.717) is 6.42 Å². The molecule has 1 fully saturated rings. The molecule has 0 bridgehead atoms. The fourth-order valence-corrected chi connectivity index (χ4v) is 5.47. The van der Waals surface area contributed by atoms with E-state index in [1.807, 2.05) is 0 Å². The second kappa shape index (κ2) is 20.9. The standard InChI is InChI=1S/C32H49F3N6O12/c1-7-10-18(31(52)53-32(33,34)35)37-28(49)21-11-9-12-41(21)30(51)24(15(3)4)39-29(50)25(16(5)8-2)40-27(48)20(14-23(45)46)38-26(47)19(13-22(43)44)36-17(6)42/h15-16,18-21,24-25H,7-14H2,1-6H3,(H,36,42)(H,37,49)(H,38,47)(H,39,50)(H,40,48)(H,43,44)(H,45,46)/t16-,18-,19-,20+,21-,24-,25-/m0/s1. The Morgan fingerprint density at radius 2 is 1.30 bits per heavy atom. The van der Waals surface area contributed by atoms with Gasteiger partial charge in [-0.2, -0.15) is 0 Å². The lowest BCUT2D eigenvalue weighted by Gasteiger charge is -2.33. The van der Waals surface area contributed by atoms with Crippen molar-refractivity contribution in [1.29, 1.82) is 0 Å². The van der Waals surface area contributed by atoms with Crippen LogP contribution >= 0.6 is 0 Å². The van der Waals surface area contributed by atoms with Gasteiger partial charge < -0.3 is 46.4 Å². The van der Waals surface area contributed by atoms with E-state index in [-0.39, 0.29) is 32.2 Å². The molecule has 0 radical (unpaired) electrons. The van der Waals surface area contributed by atoms with Crippen molar-refractivity contribution in [2.24, 2.45) is 11.8 Å². The average Bonchev–Trinajstić information content (AvgIpc) is 3.53. The quantitative estimate of drug-likeness (QED) is 0.0804. The third kappa shape index (κ3) is 15.3. The van der Waals surface area contributed by atoms with Gasteiger partial charge in [0.25, 0.3) is 0 Å². The van der Waals surface area contributed by atoms with Gasteiger partial charge in [0.15, 0.2) is 0 Å². The Labute approximate surface area is 303 Å². The summed E-state index contributed by atoms with van der Waals surface area (Å²) in [5, 5.41) is 29.9. The minimum atomic E-state index is -5.28. The third-order valence-electron chi connectivity index (χ3n) is 8.34. The topological polar surface area (TPSA) is 267 Å². The van der Waals surface area contributed by atoms with E-state index < -0.39 is 121 Å². The normalized spacial score (nSPS) is 17.6. The van der Waals surface area contributed by atoms with Crippen molar-refractivity contribution >= 4 is 53.4 Å². The summed E-state index contributed by atoms with van der Waals surface area (Å²) in [6.07, 6.45) is -6.43. The molecule has 53 heavy (non-hydrogen) atoms. The van der Waals surface area contributed by atoms with E-state index in [4.69, 9.17) is 5.11 Å². The fraction of sp³-hybridized carbons (Fsp3) is 0.719. The number of hydrogen-bond acceptors (Lipinski definition) is 10. The molecule has 0 unspecified atom stereocenters. The Balaban J connectivity index is 3.26. The van der Waals surface area contributed by atoms with Crippen molar-refractivity contribution in [2.45, 2.75) is 129 Å². The monoisotopic (exact) mass is 766 g/mol. The molecule has 1 heterocycles. The zero-order valence-corrected chi connectivity index (χ0v) is 30.3. The summed E-state index contributed by atoms with van der Waals surface area (Å²) in [4.78, 5) is 115. The Bertz CT molecular complexity index is 1360. The number of halogens is 3. The van der Waals surface area contributed by atoms with Crippen LogP contribution in [0.2, 0.25) is 0 Å². The van der Waals surface area contributed by atoms with Crippen molar-refractivity contribution in [3.8, 4) is 0 Å². The Morgan fingerprint density at radius 3 is 1.77 bits per heavy atom. The molecule has 0 saturated carbocycles. The number of esters is 1. The van der Waals surface area contributed by atoms with E-state index in [2.05, 4.69) is 31.3 Å². The van der Waals surface area contributed by atoms with Crippen LogP contribution < -0.4 is 26.6 Å². The fourth-order valence-electron chi connectivity index (χ4n) is 5.47. The van der Waals surface area contributed by atoms with Crippen LogP contribution in [0.1, 0.15) is 86.5 Å². The van der Waals surface area contributed by atoms with Crippen LogP contribution in [0, 0.1) is 11.8 Å². The molecule has 0 aromatic carbocycles. The summed E-state index contributed by atoms with van der Waals surface area (Å²) in [7, 11) is 0. The highest BCUT2D eigenvalue weighted by Gasteiger charge is 2.42. The zero-order valence-electron chi connectivity index (χ0n) is 30.3. The molecule has 300 valence electrons. The van der Waals surface area contributed by atoms with Gasteiger partial charge in [0.2, 0.25) is 35.4 Å². The summed E-state index contributed by atoms with van der Waals surface area (Å²) < 4.78 is 41.5. The molecule has 1 aliphatic rings. The van der Waals surface area contributed by atoms with Crippen LogP contribution in [-0.2, 0) is 47.9 Å². The van der Waals surface area contributed by atoms with Crippen LogP contribution in [0.4, 0.5) is 13.2 Å². The smallest absolute Gasteiger partial charge is 0.481 e. The number of ether oxygens (including phenoxy) is 1. The van der Waals surface area contributed by atoms with Gasteiger partial charge in [-0.15, -0.1) is 13.2 Å². The maximum Gasteiger partial charge on any atom is 0.575 e. The van der Waals surface area contributed by atoms with E-state index in [9.17, 15) is 61.4 Å². The number of likely N-dealkylation sites (tertiary alicyclic amines) is 1. The van der Waals surface area contributed by atoms with Crippen LogP contribution in [0.5, 0.6) is 0 Å². The lowest BCUT2D eigenvalue weighted by atomic mass is 9.95. The highest BCUT2D eigenvalue weighted by Crippen LogP contribution is 2.23. The number of nitrogens with zero attached hydrogens (tertiary/aromatic N) is 1. The minimum Gasteiger partial charge on any atom is -0.481 e. The largest absolute Gasteiger partial charge is 0.575 e. The molecule has 1 aliphatic heterocycles. The second-order valence-electron chi connectivity index (χ2n) is 13.0. The number of rotatable bonds is 20. The lowest BCUT2D eigenvalue weighted by Crippen LogP contribution is -2.61. The summed E-state index contributed by atoms with van der Waals surface area (Å²) in [6, 6.07) is -9.05. The van der Waals surface area contributed by atoms with Gasteiger partial charge in [0, 0.05) is 13.5 Å². The van der Waals surface area contributed by atoms with Gasteiger partial charge in [-0.3, -0.25) is 38.4 Å². The number of carboxylic acid groups (broad SMARTS) is 2. The number of carbonyl (C=O) groups excluding carboxylic acids is 7. The van der Waals surface area contributed by atoms with Gasteiger partial charge in [0.1, 0.15) is 36.3 Å². The first-order chi connectivity index (χ1) is 24.5. The second-order valence-corrected chi connectivity index (χ2v) is 13.0. The number of alkyl halides is 3. The van der Waals surface area contributed by atoms with E-state index in [1.165, 1.54) is 0 Å². The van der Waals surface area contributed by atoms with Gasteiger partial charge in [-0.05, 0) is 31.1 Å². The molecule has 18 nitrogen and oxygen atoms in total.